The number of halogens is 5. The Morgan fingerprint density at radius 1 is 1.16 bits per heavy atom. The van der Waals surface area contributed by atoms with E-state index in [9.17, 15) is 18.3 Å². The molecule has 0 amide bonds. The van der Waals surface area contributed by atoms with Gasteiger partial charge in [-0.15, -0.1) is 0 Å². The molecule has 2 aliphatic heterocycles. The zero-order valence-corrected chi connectivity index (χ0v) is 21.3. The Morgan fingerprint density at radius 3 is 2.61 bits per heavy atom. The van der Waals surface area contributed by atoms with Crippen molar-refractivity contribution in [1.29, 1.82) is 0 Å². The third-order valence-electron chi connectivity index (χ3n) is 7.77. The summed E-state index contributed by atoms with van der Waals surface area (Å²) in [6, 6.07) is 8.26. The van der Waals surface area contributed by atoms with E-state index in [1.807, 2.05) is 24.3 Å². The number of para-hydroxylation sites is 1. The number of aromatic nitrogens is 1. The lowest BCUT2D eigenvalue weighted by molar-refractivity contribution is -0.0869. The molecule has 1 saturated heterocycles. The first-order valence-corrected chi connectivity index (χ1v) is 13.1. The molecule has 0 bridgehead atoms. The van der Waals surface area contributed by atoms with Crippen LogP contribution in [0, 0.1) is 11.6 Å². The summed E-state index contributed by atoms with van der Waals surface area (Å²) in [6.45, 7) is 1.22. The third kappa shape index (κ3) is 5.26. The second kappa shape index (κ2) is 10.8. The van der Waals surface area contributed by atoms with Gasteiger partial charge in [-0.05, 0) is 49.9 Å². The Labute approximate surface area is 218 Å². The fourth-order valence-electron chi connectivity index (χ4n) is 5.98. The Balaban J connectivity index is 1.51. The van der Waals surface area contributed by atoms with Crippen LogP contribution in [-0.2, 0) is 6.42 Å². The number of H-pyrrole nitrogens is 1. The zero-order chi connectivity index (χ0) is 27.0. The van der Waals surface area contributed by atoms with Crippen molar-refractivity contribution in [3.05, 3.63) is 64.9 Å². The monoisotopic (exact) mass is 536 g/mol. The Morgan fingerprint density at radius 2 is 1.89 bits per heavy atom. The molecular weight excluding hydrogens is 503 g/mol. The van der Waals surface area contributed by atoms with Gasteiger partial charge in [0.05, 0.1) is 19.3 Å². The number of aliphatic hydroxyl groups is 1. The van der Waals surface area contributed by atoms with E-state index in [1.165, 1.54) is 17.0 Å². The molecule has 0 spiro atoms. The molecule has 0 aliphatic carbocycles. The van der Waals surface area contributed by atoms with Crippen molar-refractivity contribution in [3.8, 4) is 0 Å². The number of alkyl halides is 3. The number of anilines is 1. The number of fused-ring (bicyclic) bond motifs is 3. The average molecular weight is 537 g/mol. The van der Waals surface area contributed by atoms with E-state index in [4.69, 9.17) is 0 Å². The van der Waals surface area contributed by atoms with Gasteiger partial charge in [0.25, 0.3) is 5.92 Å². The van der Waals surface area contributed by atoms with Gasteiger partial charge in [-0.25, -0.2) is 17.6 Å². The molecule has 1 fully saturated rings. The highest BCUT2D eigenvalue weighted by atomic mass is 19.3. The lowest BCUT2D eigenvalue weighted by atomic mass is 9.87. The number of hydrogen-bond acceptors (Lipinski definition) is 4. The van der Waals surface area contributed by atoms with Crippen LogP contribution in [0.3, 0.4) is 0 Å². The van der Waals surface area contributed by atoms with Gasteiger partial charge in [0.1, 0.15) is 18.2 Å². The van der Waals surface area contributed by atoms with Crippen molar-refractivity contribution in [2.45, 2.75) is 50.2 Å². The van der Waals surface area contributed by atoms with E-state index in [-0.39, 0.29) is 24.0 Å². The number of hydrogen-bond donors (Lipinski definition) is 3. The number of aromatic amines is 1. The van der Waals surface area contributed by atoms with Crippen LogP contribution in [0.2, 0.25) is 0 Å². The van der Waals surface area contributed by atoms with Crippen molar-refractivity contribution in [2.24, 2.45) is 0 Å². The molecule has 2 aromatic carbocycles. The molecule has 1 unspecified atom stereocenters. The molecule has 5 rings (SSSR count). The molecule has 3 aromatic rings. The maximum atomic E-state index is 15.8. The molecule has 1 aromatic heterocycles. The standard InChI is InChI=1S/C28H33F5N4O/c1-17-11-21-20-5-2-3-6-24(20)35-26(21)27(37(17)15-28(32,33)16-38)25-22(30)12-19(13-23(25)31)34-18-7-10-36(14-18)9-4-8-29/h2-3,5-6,12-13,17-18,27,34-35,38H,4,7-11,14-16H2,1H3/t17-,18?,27-/m1/s1. The van der Waals surface area contributed by atoms with Crippen LogP contribution in [0.5, 0.6) is 0 Å². The summed E-state index contributed by atoms with van der Waals surface area (Å²) < 4.78 is 73.0. The molecule has 10 heteroatoms. The maximum Gasteiger partial charge on any atom is 0.283 e. The van der Waals surface area contributed by atoms with Gasteiger partial charge in [0.2, 0.25) is 0 Å². The van der Waals surface area contributed by atoms with Crippen molar-refractivity contribution < 1.29 is 27.1 Å². The minimum Gasteiger partial charge on any atom is -0.390 e. The first-order valence-electron chi connectivity index (χ1n) is 13.1. The molecular formula is C28H33F5N4O. The summed E-state index contributed by atoms with van der Waals surface area (Å²) in [5, 5.41) is 13.3. The van der Waals surface area contributed by atoms with Gasteiger partial charge < -0.3 is 20.3 Å². The van der Waals surface area contributed by atoms with Gasteiger partial charge in [0, 0.05) is 59.6 Å². The van der Waals surface area contributed by atoms with Crippen LogP contribution >= 0.6 is 0 Å². The van der Waals surface area contributed by atoms with E-state index < -0.39 is 42.8 Å². The van der Waals surface area contributed by atoms with E-state index in [0.29, 0.717) is 31.6 Å². The molecule has 0 saturated carbocycles. The molecule has 3 atom stereocenters. The second-order valence-electron chi connectivity index (χ2n) is 10.5. The second-order valence-corrected chi connectivity index (χ2v) is 10.5. The van der Waals surface area contributed by atoms with Gasteiger partial charge in [-0.3, -0.25) is 9.29 Å². The van der Waals surface area contributed by atoms with Gasteiger partial charge >= 0.3 is 0 Å². The highest BCUT2D eigenvalue weighted by Crippen LogP contribution is 2.43. The fourth-order valence-corrected chi connectivity index (χ4v) is 5.98. The van der Waals surface area contributed by atoms with Crippen LogP contribution in [0.15, 0.2) is 36.4 Å². The lowest BCUT2D eigenvalue weighted by Crippen LogP contribution is -2.49. The SMILES string of the molecule is C[C@@H]1Cc2c([nH]c3ccccc23)[C@@H](c2c(F)cc(NC3CCN(CCCF)C3)cc2F)N1CC(F)(F)CO. The minimum absolute atomic E-state index is 0.0333. The zero-order valence-electron chi connectivity index (χ0n) is 21.3. The predicted octanol–water partition coefficient (Wildman–Crippen LogP) is 5.26. The minimum atomic E-state index is -3.44. The van der Waals surface area contributed by atoms with Gasteiger partial charge in [0.15, 0.2) is 0 Å². The van der Waals surface area contributed by atoms with E-state index in [1.54, 1.807) is 6.92 Å². The van der Waals surface area contributed by atoms with Crippen LogP contribution in [0.1, 0.15) is 42.6 Å². The van der Waals surface area contributed by atoms with E-state index >= 15 is 8.78 Å². The number of aliphatic hydroxyl groups excluding tert-OH is 1. The van der Waals surface area contributed by atoms with E-state index in [2.05, 4.69) is 15.2 Å². The van der Waals surface area contributed by atoms with Crippen LogP contribution in [0.4, 0.5) is 27.6 Å². The van der Waals surface area contributed by atoms with Crippen molar-refractivity contribution >= 4 is 16.6 Å². The summed E-state index contributed by atoms with van der Waals surface area (Å²) in [6.07, 6.45) is 1.63. The van der Waals surface area contributed by atoms with Crippen molar-refractivity contribution in [3.63, 3.8) is 0 Å². The highest BCUT2D eigenvalue weighted by molar-refractivity contribution is 5.85. The average Bonchev–Trinajstić information content (AvgIpc) is 3.48. The quantitative estimate of drug-likeness (QED) is 0.327. The number of likely N-dealkylation sites (tertiary alicyclic amines) is 1. The maximum absolute atomic E-state index is 15.8. The highest BCUT2D eigenvalue weighted by Gasteiger charge is 2.43. The number of rotatable bonds is 9. The normalized spacial score (nSPS) is 22.8. The Bertz CT molecular complexity index is 1260. The molecule has 3 N–H and O–H groups in total. The number of nitrogens with one attached hydrogen (secondary N) is 2. The number of benzene rings is 2. The third-order valence-corrected chi connectivity index (χ3v) is 7.77. The topological polar surface area (TPSA) is 54.5 Å². The lowest BCUT2D eigenvalue weighted by Gasteiger charge is -2.42. The fraction of sp³-hybridized carbons (Fsp3) is 0.500. The Hall–Kier alpha value is -2.69. The summed E-state index contributed by atoms with van der Waals surface area (Å²) in [5.74, 6) is -5.11. The van der Waals surface area contributed by atoms with Gasteiger partial charge in [-0.2, -0.15) is 0 Å². The van der Waals surface area contributed by atoms with Gasteiger partial charge in [-0.1, -0.05) is 18.2 Å². The summed E-state index contributed by atoms with van der Waals surface area (Å²) >= 11 is 0. The predicted molar refractivity (Wildman–Crippen MR) is 137 cm³/mol. The molecule has 2 aliphatic rings. The van der Waals surface area contributed by atoms with Crippen LogP contribution in [-0.4, -0.2) is 77.4 Å². The molecule has 5 nitrogen and oxygen atoms in total. The first-order chi connectivity index (χ1) is 18.2. The molecule has 206 valence electrons. The first kappa shape index (κ1) is 26.9. The molecule has 0 radical (unpaired) electrons. The largest absolute Gasteiger partial charge is 0.390 e. The summed E-state index contributed by atoms with van der Waals surface area (Å²) in [4.78, 5) is 6.72. The van der Waals surface area contributed by atoms with Crippen molar-refractivity contribution in [1.82, 2.24) is 14.8 Å². The van der Waals surface area contributed by atoms with Crippen LogP contribution < -0.4 is 5.32 Å². The Kier molecular flexibility index (Phi) is 7.66. The number of nitrogens with zero attached hydrogens (tertiary/aromatic N) is 2. The van der Waals surface area contributed by atoms with E-state index in [0.717, 1.165) is 29.4 Å². The van der Waals surface area contributed by atoms with Crippen molar-refractivity contribution in [2.75, 3.05) is 44.8 Å². The summed E-state index contributed by atoms with van der Waals surface area (Å²) in [7, 11) is 0. The smallest absolute Gasteiger partial charge is 0.283 e. The molecule has 38 heavy (non-hydrogen) atoms. The summed E-state index contributed by atoms with van der Waals surface area (Å²) in [5.41, 5.74) is 2.06. The van der Waals surface area contributed by atoms with Crippen LogP contribution in [0.25, 0.3) is 10.9 Å². The molecule has 3 heterocycles.